The first-order valence-electron chi connectivity index (χ1n) is 10.5. The topological polar surface area (TPSA) is 71.6 Å². The average molecular weight is 396 g/mol. The molecule has 1 aliphatic rings. The van der Waals surface area contributed by atoms with Crippen molar-refractivity contribution in [3.8, 4) is 0 Å². The predicted molar refractivity (Wildman–Crippen MR) is 114 cm³/mol. The van der Waals surface area contributed by atoms with Gasteiger partial charge in [0.25, 0.3) is 5.56 Å². The fraction of sp³-hybridized carbons (Fsp3) is 0.500. The lowest BCUT2D eigenvalue weighted by Gasteiger charge is -2.39. The molecule has 1 saturated heterocycles. The quantitative estimate of drug-likeness (QED) is 0.651. The van der Waals surface area contributed by atoms with Crippen LogP contribution < -0.4 is 10.9 Å². The molecule has 0 bridgehead atoms. The highest BCUT2D eigenvalue weighted by atomic mass is 16.2. The lowest BCUT2D eigenvalue weighted by molar-refractivity contribution is -0.121. The number of amides is 1. The Bertz CT molecular complexity index is 1060. The van der Waals surface area contributed by atoms with Crippen LogP contribution in [0.1, 0.15) is 39.5 Å². The molecule has 4 heterocycles. The molecule has 0 saturated carbocycles. The first kappa shape index (κ1) is 19.6. The van der Waals surface area contributed by atoms with E-state index in [1.165, 1.54) is 23.8 Å². The third kappa shape index (κ3) is 3.92. The highest BCUT2D eigenvalue weighted by Crippen LogP contribution is 2.22. The third-order valence-corrected chi connectivity index (χ3v) is 6.09. The molecular formula is C22H29N5O2. The number of aromatic nitrogens is 3. The van der Waals surface area contributed by atoms with Gasteiger partial charge in [0.15, 0.2) is 5.65 Å². The molecule has 1 N–H and O–H groups in total. The summed E-state index contributed by atoms with van der Waals surface area (Å²) in [6.07, 6.45) is 8.20. The van der Waals surface area contributed by atoms with Crippen LogP contribution >= 0.6 is 0 Å². The van der Waals surface area contributed by atoms with E-state index in [4.69, 9.17) is 0 Å². The van der Waals surface area contributed by atoms with Crippen LogP contribution in [0.4, 0.5) is 0 Å². The normalized spacial score (nSPS) is 20.3. The van der Waals surface area contributed by atoms with Crippen molar-refractivity contribution in [2.75, 3.05) is 13.1 Å². The molecule has 3 aromatic rings. The Hall–Kier alpha value is -2.67. The van der Waals surface area contributed by atoms with Crippen LogP contribution in [0, 0.1) is 0 Å². The highest BCUT2D eigenvalue weighted by Gasteiger charge is 2.23. The number of carbonyl (C=O) groups excluding carboxylic acids is 1. The minimum atomic E-state index is -0.202. The summed E-state index contributed by atoms with van der Waals surface area (Å²) < 4.78 is 3.29. The Kier molecular flexibility index (Phi) is 5.67. The van der Waals surface area contributed by atoms with Gasteiger partial charge in [-0.1, -0.05) is 6.42 Å². The zero-order chi connectivity index (χ0) is 20.4. The van der Waals surface area contributed by atoms with E-state index in [0.717, 1.165) is 18.5 Å². The SMILES string of the molecule is C[C@H]1CCC[C@H](C)N1CCCNC(=O)Cn1c(=O)c2cccn2c2cccnc21. The molecule has 4 rings (SSSR count). The lowest BCUT2D eigenvalue weighted by Crippen LogP contribution is -2.45. The van der Waals surface area contributed by atoms with Gasteiger partial charge >= 0.3 is 0 Å². The zero-order valence-electron chi connectivity index (χ0n) is 17.2. The van der Waals surface area contributed by atoms with Crippen molar-refractivity contribution in [1.82, 2.24) is 24.2 Å². The molecule has 1 amide bonds. The van der Waals surface area contributed by atoms with Crippen molar-refractivity contribution in [3.05, 3.63) is 47.0 Å². The fourth-order valence-electron chi connectivity index (χ4n) is 4.54. The van der Waals surface area contributed by atoms with E-state index in [0.29, 0.717) is 29.8 Å². The largest absolute Gasteiger partial charge is 0.354 e. The molecule has 0 aromatic carbocycles. The van der Waals surface area contributed by atoms with E-state index < -0.39 is 0 Å². The zero-order valence-corrected chi connectivity index (χ0v) is 17.2. The Balaban J connectivity index is 1.41. The summed E-state index contributed by atoms with van der Waals surface area (Å²) in [5, 5.41) is 2.97. The Morgan fingerprint density at radius 2 is 1.93 bits per heavy atom. The van der Waals surface area contributed by atoms with Gasteiger partial charge in [-0.05, 0) is 57.4 Å². The number of piperidine rings is 1. The first-order valence-corrected chi connectivity index (χ1v) is 10.5. The number of nitrogens with zero attached hydrogens (tertiary/aromatic N) is 4. The van der Waals surface area contributed by atoms with Gasteiger partial charge in [-0.25, -0.2) is 4.98 Å². The lowest BCUT2D eigenvalue weighted by atomic mass is 9.97. The van der Waals surface area contributed by atoms with Crippen molar-refractivity contribution in [3.63, 3.8) is 0 Å². The number of fused-ring (bicyclic) bond motifs is 3. The maximum Gasteiger partial charge on any atom is 0.276 e. The van der Waals surface area contributed by atoms with Crippen LogP contribution in [0.3, 0.4) is 0 Å². The number of carbonyl (C=O) groups is 1. The standard InChI is InChI=1S/C22H29N5O2/c1-16-7-3-8-17(2)25(16)14-6-12-23-20(28)15-27-21-18(9-4-11-24-21)26-13-5-10-19(26)22(27)29/h4-5,9-11,13,16-17H,3,6-8,12,14-15H2,1-2H3,(H,23,28)/t16-,17-/m0/s1. The van der Waals surface area contributed by atoms with Gasteiger partial charge in [-0.2, -0.15) is 0 Å². The van der Waals surface area contributed by atoms with E-state index in [-0.39, 0.29) is 18.0 Å². The van der Waals surface area contributed by atoms with Crippen LogP contribution in [0.25, 0.3) is 16.7 Å². The smallest absolute Gasteiger partial charge is 0.276 e. The summed E-state index contributed by atoms with van der Waals surface area (Å²) in [7, 11) is 0. The molecule has 7 heteroatoms. The molecule has 7 nitrogen and oxygen atoms in total. The number of rotatable bonds is 6. The Morgan fingerprint density at radius 3 is 2.72 bits per heavy atom. The van der Waals surface area contributed by atoms with Crippen molar-refractivity contribution in [2.24, 2.45) is 0 Å². The fourth-order valence-corrected chi connectivity index (χ4v) is 4.54. The average Bonchev–Trinajstić information content (AvgIpc) is 3.20. The van der Waals surface area contributed by atoms with Gasteiger partial charge in [0.05, 0.1) is 5.52 Å². The summed E-state index contributed by atoms with van der Waals surface area (Å²) in [6.45, 7) is 6.16. The molecule has 3 aromatic heterocycles. The first-order chi connectivity index (χ1) is 14.1. The van der Waals surface area contributed by atoms with Gasteiger partial charge in [-0.3, -0.25) is 19.1 Å². The van der Waals surface area contributed by atoms with Crippen LogP contribution in [0.2, 0.25) is 0 Å². The molecule has 1 aliphatic heterocycles. The van der Waals surface area contributed by atoms with E-state index in [1.807, 2.05) is 28.8 Å². The van der Waals surface area contributed by atoms with E-state index in [1.54, 1.807) is 12.3 Å². The number of nitrogens with one attached hydrogen (secondary N) is 1. The summed E-state index contributed by atoms with van der Waals surface area (Å²) >= 11 is 0. The molecule has 0 spiro atoms. The Labute approximate surface area is 170 Å². The Morgan fingerprint density at radius 1 is 1.17 bits per heavy atom. The van der Waals surface area contributed by atoms with Gasteiger partial charge < -0.3 is 9.72 Å². The molecule has 0 radical (unpaired) electrons. The maximum atomic E-state index is 12.9. The number of pyridine rings is 1. The summed E-state index contributed by atoms with van der Waals surface area (Å²) in [4.78, 5) is 32.3. The van der Waals surface area contributed by atoms with Crippen molar-refractivity contribution >= 4 is 22.6 Å². The second-order valence-corrected chi connectivity index (χ2v) is 8.07. The molecule has 2 atom stereocenters. The molecule has 1 fully saturated rings. The second-order valence-electron chi connectivity index (χ2n) is 8.07. The van der Waals surface area contributed by atoms with E-state index >= 15 is 0 Å². The van der Waals surface area contributed by atoms with Gasteiger partial charge in [0, 0.05) is 37.6 Å². The van der Waals surface area contributed by atoms with Crippen molar-refractivity contribution in [1.29, 1.82) is 0 Å². The van der Waals surface area contributed by atoms with Crippen LogP contribution in [-0.2, 0) is 11.3 Å². The number of hydrogen-bond donors (Lipinski definition) is 1. The van der Waals surface area contributed by atoms with Gasteiger partial charge in [0.1, 0.15) is 12.1 Å². The number of likely N-dealkylation sites (tertiary alicyclic amines) is 1. The van der Waals surface area contributed by atoms with Gasteiger partial charge in [0.2, 0.25) is 5.91 Å². The van der Waals surface area contributed by atoms with Crippen LogP contribution in [0.5, 0.6) is 0 Å². The maximum absolute atomic E-state index is 12.9. The van der Waals surface area contributed by atoms with E-state index in [9.17, 15) is 9.59 Å². The molecule has 0 aliphatic carbocycles. The minimum Gasteiger partial charge on any atom is -0.354 e. The second kappa shape index (κ2) is 8.37. The number of hydrogen-bond acceptors (Lipinski definition) is 4. The monoisotopic (exact) mass is 395 g/mol. The summed E-state index contributed by atoms with van der Waals surface area (Å²) in [5.41, 5.74) is 1.68. The predicted octanol–water partition coefficient (Wildman–Crippen LogP) is 2.42. The third-order valence-electron chi connectivity index (χ3n) is 6.09. The summed E-state index contributed by atoms with van der Waals surface area (Å²) in [6, 6.07) is 8.56. The molecular weight excluding hydrogens is 366 g/mol. The van der Waals surface area contributed by atoms with E-state index in [2.05, 4.69) is 29.0 Å². The van der Waals surface area contributed by atoms with Crippen molar-refractivity contribution in [2.45, 2.75) is 58.2 Å². The minimum absolute atomic E-state index is 0.0233. The molecule has 29 heavy (non-hydrogen) atoms. The molecule has 0 unspecified atom stereocenters. The van der Waals surface area contributed by atoms with Crippen LogP contribution in [-0.4, -0.2) is 49.9 Å². The van der Waals surface area contributed by atoms with Crippen molar-refractivity contribution < 1.29 is 4.79 Å². The van der Waals surface area contributed by atoms with Gasteiger partial charge in [-0.15, -0.1) is 0 Å². The molecule has 154 valence electrons. The highest BCUT2D eigenvalue weighted by molar-refractivity contribution is 5.80. The summed E-state index contributed by atoms with van der Waals surface area (Å²) in [5.74, 6) is -0.158. The van der Waals surface area contributed by atoms with Crippen LogP contribution in [0.15, 0.2) is 41.5 Å².